The molecule has 15 heavy (non-hydrogen) atoms. The first-order valence-electron chi connectivity index (χ1n) is 5.41. The maximum Gasteiger partial charge on any atom is 0.119 e. The Bertz CT molecular complexity index is 271. The van der Waals surface area contributed by atoms with Crippen molar-refractivity contribution in [3.8, 4) is 5.75 Å². The van der Waals surface area contributed by atoms with Gasteiger partial charge in [0.2, 0.25) is 0 Å². The third-order valence-corrected chi connectivity index (χ3v) is 2.18. The Labute approximate surface area is 91.1 Å². The highest BCUT2D eigenvalue weighted by Gasteiger charge is 2.00. The molecule has 0 aromatic heterocycles. The Hall–Kier alpha value is -1.22. The summed E-state index contributed by atoms with van der Waals surface area (Å²) >= 11 is 0. The zero-order valence-corrected chi connectivity index (χ0v) is 9.36. The molecule has 0 radical (unpaired) electrons. The Morgan fingerprint density at radius 2 is 1.93 bits per heavy atom. The summed E-state index contributed by atoms with van der Waals surface area (Å²) in [5, 5.41) is 12.5. The topological polar surface area (TPSA) is 41.5 Å². The first-order valence-corrected chi connectivity index (χ1v) is 5.41. The second-order valence-corrected chi connectivity index (χ2v) is 3.40. The normalized spacial score (nSPS) is 12.2. The number of benzene rings is 1. The van der Waals surface area contributed by atoms with E-state index in [1.54, 1.807) is 0 Å². The lowest BCUT2D eigenvalue weighted by atomic mass is 10.2. The van der Waals surface area contributed by atoms with Crippen LogP contribution in [-0.4, -0.2) is 24.4 Å². The number of aliphatic hydroxyl groups excluding tert-OH is 1. The molecule has 0 saturated carbocycles. The van der Waals surface area contributed by atoms with Gasteiger partial charge in [-0.3, -0.25) is 0 Å². The molecule has 0 fully saturated rings. The van der Waals surface area contributed by atoms with Gasteiger partial charge in [-0.05, 0) is 37.6 Å². The third-order valence-electron chi connectivity index (χ3n) is 2.18. The summed E-state index contributed by atoms with van der Waals surface area (Å²) in [7, 11) is 0. The van der Waals surface area contributed by atoms with Crippen LogP contribution in [0, 0.1) is 0 Å². The van der Waals surface area contributed by atoms with Crippen LogP contribution in [0.2, 0.25) is 0 Å². The Kier molecular flexibility index (Phi) is 4.98. The molecular weight excluding hydrogens is 190 g/mol. The summed E-state index contributed by atoms with van der Waals surface area (Å²) < 4.78 is 5.33. The van der Waals surface area contributed by atoms with E-state index in [0.717, 1.165) is 17.9 Å². The number of rotatable bonds is 6. The zero-order chi connectivity index (χ0) is 11.1. The Morgan fingerprint density at radius 3 is 2.47 bits per heavy atom. The van der Waals surface area contributed by atoms with Crippen LogP contribution >= 0.6 is 0 Å². The molecule has 1 aromatic carbocycles. The van der Waals surface area contributed by atoms with Crippen molar-refractivity contribution in [2.75, 3.05) is 18.5 Å². The van der Waals surface area contributed by atoms with Crippen LogP contribution in [0.15, 0.2) is 24.3 Å². The summed E-state index contributed by atoms with van der Waals surface area (Å²) in [6, 6.07) is 7.75. The lowest BCUT2D eigenvalue weighted by Crippen LogP contribution is -2.17. The maximum absolute atomic E-state index is 9.37. The summed E-state index contributed by atoms with van der Waals surface area (Å²) in [5.41, 5.74) is 1.01. The molecule has 0 aliphatic heterocycles. The summed E-state index contributed by atoms with van der Waals surface area (Å²) in [5.74, 6) is 0.874. The molecule has 0 bridgehead atoms. The quantitative estimate of drug-likeness (QED) is 0.755. The predicted octanol–water partition coefficient (Wildman–Crippen LogP) is 2.27. The van der Waals surface area contributed by atoms with Crippen molar-refractivity contribution >= 4 is 5.69 Å². The van der Waals surface area contributed by atoms with E-state index in [1.807, 2.05) is 38.1 Å². The van der Waals surface area contributed by atoms with Crippen molar-refractivity contribution in [1.82, 2.24) is 0 Å². The van der Waals surface area contributed by atoms with Gasteiger partial charge in [-0.25, -0.2) is 0 Å². The molecule has 0 saturated heterocycles. The molecule has 3 heteroatoms. The molecule has 1 unspecified atom stereocenters. The monoisotopic (exact) mass is 209 g/mol. The minimum atomic E-state index is -0.281. The van der Waals surface area contributed by atoms with Gasteiger partial charge >= 0.3 is 0 Å². The highest BCUT2D eigenvalue weighted by atomic mass is 16.5. The van der Waals surface area contributed by atoms with Crippen molar-refractivity contribution < 1.29 is 9.84 Å². The number of hydrogen-bond acceptors (Lipinski definition) is 3. The molecule has 1 rings (SSSR count). The summed E-state index contributed by atoms with van der Waals surface area (Å²) in [6.07, 6.45) is 0.487. The van der Waals surface area contributed by atoms with E-state index < -0.39 is 0 Å². The first-order chi connectivity index (χ1) is 7.26. The molecule has 0 aliphatic carbocycles. The fourth-order valence-corrected chi connectivity index (χ4v) is 1.22. The average Bonchev–Trinajstić information content (AvgIpc) is 2.28. The van der Waals surface area contributed by atoms with E-state index in [1.165, 1.54) is 0 Å². The molecule has 84 valence electrons. The smallest absolute Gasteiger partial charge is 0.119 e. The van der Waals surface area contributed by atoms with Crippen LogP contribution in [0.3, 0.4) is 0 Å². The third kappa shape index (κ3) is 4.21. The molecule has 0 aliphatic rings. The van der Waals surface area contributed by atoms with E-state index >= 15 is 0 Å². The summed E-state index contributed by atoms with van der Waals surface area (Å²) in [4.78, 5) is 0. The van der Waals surface area contributed by atoms with Gasteiger partial charge in [-0.1, -0.05) is 6.92 Å². The van der Waals surface area contributed by atoms with Crippen molar-refractivity contribution in [2.45, 2.75) is 26.4 Å². The molecule has 2 N–H and O–H groups in total. The average molecular weight is 209 g/mol. The second-order valence-electron chi connectivity index (χ2n) is 3.40. The fraction of sp³-hybridized carbons (Fsp3) is 0.500. The largest absolute Gasteiger partial charge is 0.494 e. The van der Waals surface area contributed by atoms with Crippen LogP contribution in [0.1, 0.15) is 20.3 Å². The van der Waals surface area contributed by atoms with Crippen molar-refractivity contribution in [3.05, 3.63) is 24.3 Å². The van der Waals surface area contributed by atoms with Gasteiger partial charge in [-0.2, -0.15) is 0 Å². The predicted molar refractivity (Wildman–Crippen MR) is 62.4 cm³/mol. The van der Waals surface area contributed by atoms with Gasteiger partial charge in [0, 0.05) is 12.2 Å². The Morgan fingerprint density at radius 1 is 1.27 bits per heavy atom. The minimum absolute atomic E-state index is 0.281. The molecule has 0 heterocycles. The molecule has 0 spiro atoms. The lowest BCUT2D eigenvalue weighted by Gasteiger charge is -2.11. The number of ether oxygens (including phenoxy) is 1. The van der Waals surface area contributed by atoms with E-state index in [2.05, 4.69) is 5.32 Å². The molecule has 0 amide bonds. The van der Waals surface area contributed by atoms with Crippen molar-refractivity contribution in [3.63, 3.8) is 0 Å². The molecular formula is C12H19NO2. The number of nitrogens with one attached hydrogen (secondary N) is 1. The SMILES string of the molecule is CCOc1ccc(NCC(O)CC)cc1. The van der Waals surface area contributed by atoms with Crippen LogP contribution in [0.4, 0.5) is 5.69 Å². The standard InChI is InChI=1S/C12H19NO2/c1-3-11(14)9-13-10-5-7-12(8-6-10)15-4-2/h5-8,11,13-14H,3-4,9H2,1-2H3. The number of anilines is 1. The number of aliphatic hydroxyl groups is 1. The van der Waals surface area contributed by atoms with E-state index in [-0.39, 0.29) is 6.10 Å². The minimum Gasteiger partial charge on any atom is -0.494 e. The van der Waals surface area contributed by atoms with E-state index in [0.29, 0.717) is 13.2 Å². The van der Waals surface area contributed by atoms with Gasteiger partial charge in [0.25, 0.3) is 0 Å². The number of hydrogen-bond donors (Lipinski definition) is 2. The molecule has 1 atom stereocenters. The van der Waals surface area contributed by atoms with Crippen LogP contribution in [-0.2, 0) is 0 Å². The van der Waals surface area contributed by atoms with Crippen LogP contribution < -0.4 is 10.1 Å². The second kappa shape index (κ2) is 6.30. The van der Waals surface area contributed by atoms with Gasteiger partial charge in [-0.15, -0.1) is 0 Å². The van der Waals surface area contributed by atoms with Gasteiger partial charge in [0.1, 0.15) is 5.75 Å². The highest BCUT2D eigenvalue weighted by Crippen LogP contribution is 2.15. The van der Waals surface area contributed by atoms with E-state index in [4.69, 9.17) is 4.74 Å². The summed E-state index contributed by atoms with van der Waals surface area (Å²) in [6.45, 7) is 5.19. The molecule has 1 aromatic rings. The maximum atomic E-state index is 9.37. The van der Waals surface area contributed by atoms with Crippen molar-refractivity contribution in [2.24, 2.45) is 0 Å². The highest BCUT2D eigenvalue weighted by molar-refractivity contribution is 5.46. The molecule has 3 nitrogen and oxygen atoms in total. The van der Waals surface area contributed by atoms with E-state index in [9.17, 15) is 5.11 Å². The van der Waals surface area contributed by atoms with Crippen LogP contribution in [0.25, 0.3) is 0 Å². The zero-order valence-electron chi connectivity index (χ0n) is 9.36. The first kappa shape index (κ1) is 11.9. The Balaban J connectivity index is 2.42. The van der Waals surface area contributed by atoms with Gasteiger partial charge in [0.05, 0.1) is 12.7 Å². The van der Waals surface area contributed by atoms with Gasteiger partial charge < -0.3 is 15.2 Å². The van der Waals surface area contributed by atoms with Crippen LogP contribution in [0.5, 0.6) is 5.75 Å². The fourth-order valence-electron chi connectivity index (χ4n) is 1.22. The van der Waals surface area contributed by atoms with Gasteiger partial charge in [0.15, 0.2) is 0 Å². The lowest BCUT2D eigenvalue weighted by molar-refractivity contribution is 0.183. The van der Waals surface area contributed by atoms with Crippen molar-refractivity contribution in [1.29, 1.82) is 0 Å².